The van der Waals surface area contributed by atoms with Gasteiger partial charge in [-0.2, -0.15) is 0 Å². The van der Waals surface area contributed by atoms with Crippen molar-refractivity contribution in [2.75, 3.05) is 12.0 Å². The van der Waals surface area contributed by atoms with Gasteiger partial charge >= 0.3 is 0 Å². The summed E-state index contributed by atoms with van der Waals surface area (Å²) in [5.41, 5.74) is 3.02. The molecule has 3 aromatic carbocycles. The normalized spacial score (nSPS) is 11.5. The Morgan fingerprint density at radius 3 is 1.81 bits per heavy atom. The van der Waals surface area contributed by atoms with E-state index < -0.39 is 6.29 Å². The zero-order valence-corrected chi connectivity index (χ0v) is 14.6. The van der Waals surface area contributed by atoms with E-state index in [1.165, 1.54) is 6.08 Å². The van der Waals surface area contributed by atoms with Crippen molar-refractivity contribution in [1.29, 1.82) is 0 Å². The quantitative estimate of drug-likeness (QED) is 0.480. The van der Waals surface area contributed by atoms with Crippen LogP contribution in [-0.2, 0) is 0 Å². The van der Waals surface area contributed by atoms with E-state index in [9.17, 15) is 5.11 Å². The highest BCUT2D eigenvalue weighted by Crippen LogP contribution is 2.35. The van der Waals surface area contributed by atoms with E-state index in [2.05, 4.69) is 23.6 Å². The van der Waals surface area contributed by atoms with Crippen LogP contribution in [-0.4, -0.2) is 18.5 Å². The summed E-state index contributed by atoms with van der Waals surface area (Å²) in [6.45, 7) is 3.50. The molecular weight excluding hydrogens is 326 g/mol. The van der Waals surface area contributed by atoms with Gasteiger partial charge in [-0.1, -0.05) is 24.8 Å². The first-order valence-corrected chi connectivity index (χ1v) is 8.28. The van der Waals surface area contributed by atoms with Crippen LogP contribution in [0.5, 0.6) is 11.5 Å². The number of nitrogens with zero attached hydrogens (tertiary/aromatic N) is 1. The molecule has 4 heteroatoms. The smallest absolute Gasteiger partial charge is 0.216 e. The number of aliphatic hydroxyl groups is 1. The molecule has 132 valence electrons. The molecule has 26 heavy (non-hydrogen) atoms. The summed E-state index contributed by atoms with van der Waals surface area (Å²) in [6, 6.07) is 25.5. The lowest BCUT2D eigenvalue weighted by Crippen LogP contribution is -2.12. The number of aliphatic hydroxyl groups excluding tert-OH is 1. The van der Waals surface area contributed by atoms with Crippen molar-refractivity contribution in [1.82, 2.24) is 0 Å². The summed E-state index contributed by atoms with van der Waals surface area (Å²) in [6.07, 6.45) is 0.314. The fourth-order valence-corrected chi connectivity index (χ4v) is 2.62. The second-order valence-corrected chi connectivity index (χ2v) is 5.61. The van der Waals surface area contributed by atoms with Gasteiger partial charge in [-0.15, -0.1) is 0 Å². The maximum Gasteiger partial charge on any atom is 0.216 e. The molecule has 3 aromatic rings. The number of hydrogen-bond acceptors (Lipinski definition) is 4. The van der Waals surface area contributed by atoms with Gasteiger partial charge in [-0.25, -0.2) is 0 Å². The highest BCUT2D eigenvalue weighted by molar-refractivity contribution is 5.76. The molecule has 0 amide bonds. The molecule has 0 saturated carbocycles. The number of methoxy groups -OCH3 is 1. The Hall–Kier alpha value is -3.24. The minimum Gasteiger partial charge on any atom is -0.497 e. The Morgan fingerprint density at radius 2 is 1.31 bits per heavy atom. The summed E-state index contributed by atoms with van der Waals surface area (Å²) in [5.74, 6) is 1.38. The molecule has 0 fully saturated rings. The summed E-state index contributed by atoms with van der Waals surface area (Å²) >= 11 is 0. The third-order valence-electron chi connectivity index (χ3n) is 3.90. The number of ether oxygens (including phenoxy) is 2. The Labute approximate surface area is 153 Å². The molecule has 0 heterocycles. The number of rotatable bonds is 7. The van der Waals surface area contributed by atoms with E-state index in [4.69, 9.17) is 9.47 Å². The lowest BCUT2D eigenvalue weighted by atomic mass is 10.2. The monoisotopic (exact) mass is 347 g/mol. The Bertz CT molecular complexity index is 830. The van der Waals surface area contributed by atoms with Gasteiger partial charge in [-0.05, 0) is 66.7 Å². The van der Waals surface area contributed by atoms with E-state index >= 15 is 0 Å². The van der Waals surface area contributed by atoms with Crippen LogP contribution in [0.2, 0.25) is 0 Å². The van der Waals surface area contributed by atoms with Crippen LogP contribution in [0.3, 0.4) is 0 Å². The van der Waals surface area contributed by atoms with Gasteiger partial charge in [0.25, 0.3) is 0 Å². The Morgan fingerprint density at radius 1 is 0.808 bits per heavy atom. The number of anilines is 3. The summed E-state index contributed by atoms with van der Waals surface area (Å²) in [7, 11) is 1.65. The summed E-state index contributed by atoms with van der Waals surface area (Å²) < 4.78 is 10.6. The van der Waals surface area contributed by atoms with Gasteiger partial charge in [0, 0.05) is 17.1 Å². The molecule has 0 bridgehead atoms. The van der Waals surface area contributed by atoms with E-state index in [1.807, 2.05) is 66.7 Å². The first-order valence-electron chi connectivity index (χ1n) is 8.28. The second kappa shape index (κ2) is 8.23. The molecule has 1 N–H and O–H groups in total. The molecule has 0 aromatic heterocycles. The molecule has 0 aliphatic carbocycles. The van der Waals surface area contributed by atoms with Crippen LogP contribution in [0, 0.1) is 0 Å². The van der Waals surface area contributed by atoms with E-state index in [0.717, 1.165) is 22.8 Å². The van der Waals surface area contributed by atoms with Gasteiger partial charge in [0.05, 0.1) is 7.11 Å². The third-order valence-corrected chi connectivity index (χ3v) is 3.90. The van der Waals surface area contributed by atoms with Gasteiger partial charge in [-0.3, -0.25) is 0 Å². The molecule has 1 unspecified atom stereocenters. The summed E-state index contributed by atoms with van der Waals surface area (Å²) in [4.78, 5) is 2.13. The van der Waals surface area contributed by atoms with Crippen molar-refractivity contribution in [3.05, 3.63) is 91.5 Å². The predicted molar refractivity (Wildman–Crippen MR) is 105 cm³/mol. The van der Waals surface area contributed by atoms with Gasteiger partial charge in [0.1, 0.15) is 11.5 Å². The van der Waals surface area contributed by atoms with Crippen LogP contribution in [0.1, 0.15) is 0 Å². The zero-order chi connectivity index (χ0) is 18.4. The van der Waals surface area contributed by atoms with Gasteiger partial charge in [0.15, 0.2) is 0 Å². The zero-order valence-electron chi connectivity index (χ0n) is 14.6. The van der Waals surface area contributed by atoms with Crippen LogP contribution >= 0.6 is 0 Å². The molecule has 0 aliphatic rings. The van der Waals surface area contributed by atoms with Crippen molar-refractivity contribution in [3.8, 4) is 11.5 Å². The highest BCUT2D eigenvalue weighted by atomic mass is 16.6. The molecule has 0 aliphatic heterocycles. The minimum atomic E-state index is -1.02. The van der Waals surface area contributed by atoms with Crippen molar-refractivity contribution in [3.63, 3.8) is 0 Å². The SMILES string of the molecule is C=CC(O)Oc1ccc(N(c2ccccc2)c2ccc(OC)cc2)cc1. The van der Waals surface area contributed by atoms with E-state index in [0.29, 0.717) is 5.75 Å². The first-order chi connectivity index (χ1) is 12.7. The predicted octanol–water partition coefficient (Wildman–Crippen LogP) is 5.05. The standard InChI is InChI=1S/C22H21NO3/c1-3-22(24)26-21-15-11-19(12-16-21)23(17-7-5-4-6-8-17)18-9-13-20(25-2)14-10-18/h3-16,22,24H,1H2,2H3. The molecule has 0 radical (unpaired) electrons. The maximum absolute atomic E-state index is 9.53. The number of benzene rings is 3. The van der Waals surface area contributed by atoms with Crippen molar-refractivity contribution >= 4 is 17.1 Å². The number of hydrogen-bond donors (Lipinski definition) is 1. The molecule has 4 nitrogen and oxygen atoms in total. The van der Waals surface area contributed by atoms with Crippen LogP contribution in [0.25, 0.3) is 0 Å². The van der Waals surface area contributed by atoms with Crippen molar-refractivity contribution in [2.45, 2.75) is 6.29 Å². The van der Waals surface area contributed by atoms with Crippen molar-refractivity contribution < 1.29 is 14.6 Å². The number of para-hydroxylation sites is 1. The average molecular weight is 347 g/mol. The van der Waals surface area contributed by atoms with Crippen LogP contribution < -0.4 is 14.4 Å². The van der Waals surface area contributed by atoms with Gasteiger partial charge in [0.2, 0.25) is 6.29 Å². The minimum absolute atomic E-state index is 0.573. The second-order valence-electron chi connectivity index (χ2n) is 5.61. The fraction of sp³-hybridized carbons (Fsp3) is 0.0909. The Balaban J connectivity index is 1.96. The topological polar surface area (TPSA) is 41.9 Å². The lowest BCUT2D eigenvalue weighted by molar-refractivity contribution is 0.0251. The molecule has 0 spiro atoms. The maximum atomic E-state index is 9.53. The average Bonchev–Trinajstić information content (AvgIpc) is 2.71. The molecular formula is C22H21NO3. The van der Waals surface area contributed by atoms with Crippen molar-refractivity contribution in [2.24, 2.45) is 0 Å². The van der Waals surface area contributed by atoms with E-state index in [-0.39, 0.29) is 0 Å². The molecule has 1 atom stereocenters. The lowest BCUT2D eigenvalue weighted by Gasteiger charge is -2.25. The molecule has 0 saturated heterocycles. The van der Waals surface area contributed by atoms with E-state index in [1.54, 1.807) is 7.11 Å². The molecule has 3 rings (SSSR count). The van der Waals surface area contributed by atoms with Crippen LogP contribution in [0.4, 0.5) is 17.1 Å². The highest BCUT2D eigenvalue weighted by Gasteiger charge is 2.12. The summed E-state index contributed by atoms with van der Waals surface area (Å²) in [5, 5.41) is 9.53. The largest absolute Gasteiger partial charge is 0.497 e. The first kappa shape index (κ1) is 17.6. The fourth-order valence-electron chi connectivity index (χ4n) is 2.62. The van der Waals surface area contributed by atoms with Crippen LogP contribution in [0.15, 0.2) is 91.5 Å². The Kier molecular flexibility index (Phi) is 5.56. The third kappa shape index (κ3) is 4.05. The van der Waals surface area contributed by atoms with Gasteiger partial charge < -0.3 is 19.5 Å².